The van der Waals surface area contributed by atoms with Gasteiger partial charge in [-0.15, -0.1) is 0 Å². The summed E-state index contributed by atoms with van der Waals surface area (Å²) in [7, 11) is 2.42. The fraction of sp³-hybridized carbons (Fsp3) is 0.500. The maximum absolute atomic E-state index is 12.4. The molecule has 1 aromatic carbocycles. The lowest BCUT2D eigenvalue weighted by Gasteiger charge is -2.29. The number of hydrogen-bond donors (Lipinski definition) is 2. The predicted octanol–water partition coefficient (Wildman–Crippen LogP) is 1.43. The summed E-state index contributed by atoms with van der Waals surface area (Å²) < 4.78 is 9.71. The van der Waals surface area contributed by atoms with Gasteiger partial charge in [-0.1, -0.05) is 34.1 Å². The van der Waals surface area contributed by atoms with Crippen molar-refractivity contribution in [2.75, 3.05) is 19.5 Å². The van der Waals surface area contributed by atoms with Gasteiger partial charge in [0.05, 0.1) is 27.4 Å². The molecule has 23 heavy (non-hydrogen) atoms. The first-order chi connectivity index (χ1) is 11.0. The zero-order valence-electron chi connectivity index (χ0n) is 13.2. The fourth-order valence-corrected chi connectivity index (χ4v) is 2.82. The van der Waals surface area contributed by atoms with E-state index in [9.17, 15) is 19.8 Å². The van der Waals surface area contributed by atoms with Crippen molar-refractivity contribution in [2.45, 2.75) is 31.5 Å². The summed E-state index contributed by atoms with van der Waals surface area (Å²) in [5.41, 5.74) is -0.255. The number of methoxy groups -OCH3 is 2. The summed E-state index contributed by atoms with van der Waals surface area (Å²) in [6.07, 6.45) is 0.737. The van der Waals surface area contributed by atoms with Crippen LogP contribution in [0, 0.1) is 0 Å². The van der Waals surface area contributed by atoms with Gasteiger partial charge >= 0.3 is 11.9 Å². The molecule has 0 bridgehead atoms. The number of rotatable bonds is 8. The van der Waals surface area contributed by atoms with Crippen molar-refractivity contribution in [1.29, 1.82) is 0 Å². The second kappa shape index (κ2) is 9.00. The van der Waals surface area contributed by atoms with Crippen molar-refractivity contribution in [3.05, 3.63) is 34.9 Å². The van der Waals surface area contributed by atoms with Gasteiger partial charge < -0.3 is 19.7 Å². The summed E-state index contributed by atoms with van der Waals surface area (Å²) in [4.78, 5) is 24.9. The highest BCUT2D eigenvalue weighted by Gasteiger charge is 2.49. The molecule has 0 unspecified atom stereocenters. The summed E-state index contributed by atoms with van der Waals surface area (Å²) >= 11 is 3.29. The van der Waals surface area contributed by atoms with Crippen molar-refractivity contribution in [3.63, 3.8) is 0 Å². The molecule has 128 valence electrons. The molecular formula is C16H21BrO6. The topological polar surface area (TPSA) is 93.1 Å². The Morgan fingerprint density at radius 2 is 1.65 bits per heavy atom. The number of aliphatic hydroxyl groups excluding tert-OH is 2. The Morgan fingerprint density at radius 1 is 1.09 bits per heavy atom. The lowest BCUT2D eigenvalue weighted by atomic mass is 9.75. The van der Waals surface area contributed by atoms with Gasteiger partial charge in [0.2, 0.25) is 0 Å². The molecule has 2 N–H and O–H groups in total. The van der Waals surface area contributed by atoms with Gasteiger partial charge in [0.25, 0.3) is 0 Å². The summed E-state index contributed by atoms with van der Waals surface area (Å²) in [6, 6.07) is 4.69. The average molecular weight is 389 g/mol. The molecule has 0 aliphatic rings. The van der Waals surface area contributed by atoms with Gasteiger partial charge in [-0.25, -0.2) is 0 Å². The molecule has 0 saturated heterocycles. The number of halogens is 1. The normalized spacial score (nSPS) is 11.2. The van der Waals surface area contributed by atoms with Crippen LogP contribution in [0.25, 0.3) is 0 Å². The molecule has 1 rings (SSSR count). The van der Waals surface area contributed by atoms with E-state index in [1.165, 1.54) is 20.3 Å². The van der Waals surface area contributed by atoms with E-state index in [0.29, 0.717) is 28.4 Å². The first-order valence-electron chi connectivity index (χ1n) is 7.08. The Bertz CT molecular complexity index is 542. The van der Waals surface area contributed by atoms with Crippen molar-refractivity contribution in [1.82, 2.24) is 0 Å². The Morgan fingerprint density at radius 3 is 2.09 bits per heavy atom. The number of carbonyl (C=O) groups excluding carboxylic acids is 2. The minimum Gasteiger partial charge on any atom is -0.468 e. The molecule has 0 saturated carbocycles. The molecule has 0 spiro atoms. The monoisotopic (exact) mass is 388 g/mol. The van der Waals surface area contributed by atoms with Crippen LogP contribution in [0.15, 0.2) is 18.2 Å². The van der Waals surface area contributed by atoms with Crippen LogP contribution in [-0.4, -0.2) is 41.7 Å². The molecule has 0 atom stereocenters. The molecule has 7 heteroatoms. The minimum atomic E-state index is -1.60. The number of aliphatic hydroxyl groups is 2. The van der Waals surface area contributed by atoms with E-state index in [-0.39, 0.29) is 19.6 Å². The Labute approximate surface area is 143 Å². The minimum absolute atomic E-state index is 0.195. The van der Waals surface area contributed by atoms with E-state index in [1.54, 1.807) is 12.1 Å². The molecule has 0 fully saturated rings. The van der Waals surface area contributed by atoms with Crippen LogP contribution in [0.5, 0.6) is 0 Å². The summed E-state index contributed by atoms with van der Waals surface area (Å²) in [5.74, 6) is -1.43. The van der Waals surface area contributed by atoms with Crippen LogP contribution in [0.4, 0.5) is 0 Å². The van der Waals surface area contributed by atoms with Crippen molar-refractivity contribution < 1.29 is 29.3 Å². The highest BCUT2D eigenvalue weighted by atomic mass is 79.9. The van der Waals surface area contributed by atoms with E-state index < -0.39 is 17.4 Å². The highest BCUT2D eigenvalue weighted by molar-refractivity contribution is 9.09. The second-order valence-corrected chi connectivity index (χ2v) is 5.77. The Balaban J connectivity index is 3.54. The smallest absolute Gasteiger partial charge is 0.327 e. The molecule has 0 aliphatic heterocycles. The number of benzene rings is 1. The second-order valence-electron chi connectivity index (χ2n) is 4.98. The number of carbonyl (C=O) groups is 2. The number of alkyl halides is 1. The zero-order valence-corrected chi connectivity index (χ0v) is 14.8. The van der Waals surface area contributed by atoms with Gasteiger partial charge in [0.15, 0.2) is 5.41 Å². The number of esters is 2. The molecule has 1 aromatic rings. The van der Waals surface area contributed by atoms with Crippen molar-refractivity contribution in [2.24, 2.45) is 0 Å². The standard InChI is InChI=1S/C16H21BrO6/c1-22-14(20)16(6-3-7-17,15(21)23-2)13-5-4-11(9-18)12(8-13)10-19/h4-5,8,18-19H,3,6-7,9-10H2,1-2H3. The van der Waals surface area contributed by atoms with E-state index in [0.717, 1.165) is 0 Å². The predicted molar refractivity (Wildman–Crippen MR) is 87.0 cm³/mol. The van der Waals surface area contributed by atoms with Crippen LogP contribution in [-0.2, 0) is 37.7 Å². The molecule has 0 aliphatic carbocycles. The highest BCUT2D eigenvalue weighted by Crippen LogP contribution is 2.34. The maximum atomic E-state index is 12.4. The summed E-state index contributed by atoms with van der Waals surface area (Å²) in [6.45, 7) is -0.568. The molecule has 0 heterocycles. The van der Waals surface area contributed by atoms with Gasteiger partial charge in [-0.2, -0.15) is 0 Å². The maximum Gasteiger partial charge on any atom is 0.327 e. The molecule has 0 aromatic heterocycles. The fourth-order valence-electron chi connectivity index (χ4n) is 2.54. The van der Waals surface area contributed by atoms with Crippen LogP contribution >= 0.6 is 15.9 Å². The third kappa shape index (κ3) is 3.91. The molecular weight excluding hydrogens is 368 g/mol. The first kappa shape index (κ1) is 19.6. The van der Waals surface area contributed by atoms with Gasteiger partial charge in [0, 0.05) is 5.33 Å². The quantitative estimate of drug-likeness (QED) is 0.397. The van der Waals surface area contributed by atoms with Crippen LogP contribution in [0.3, 0.4) is 0 Å². The van der Waals surface area contributed by atoms with E-state index in [4.69, 9.17) is 9.47 Å². The molecule has 0 radical (unpaired) electrons. The number of ether oxygens (including phenoxy) is 2. The van der Waals surface area contributed by atoms with E-state index in [1.807, 2.05) is 0 Å². The Kier molecular flexibility index (Phi) is 7.67. The SMILES string of the molecule is COC(=O)C(CCCBr)(C(=O)OC)c1ccc(CO)c(CO)c1. The molecule has 6 nitrogen and oxygen atoms in total. The number of hydrogen-bond acceptors (Lipinski definition) is 6. The van der Waals surface area contributed by atoms with Gasteiger partial charge in [-0.3, -0.25) is 9.59 Å². The lowest BCUT2D eigenvalue weighted by Crippen LogP contribution is -2.45. The average Bonchev–Trinajstić information content (AvgIpc) is 2.61. The lowest BCUT2D eigenvalue weighted by molar-refractivity contribution is -0.162. The van der Waals surface area contributed by atoms with Crippen LogP contribution in [0.2, 0.25) is 0 Å². The van der Waals surface area contributed by atoms with Crippen molar-refractivity contribution in [3.8, 4) is 0 Å². The van der Waals surface area contributed by atoms with E-state index in [2.05, 4.69) is 15.9 Å². The summed E-state index contributed by atoms with van der Waals surface area (Å²) in [5, 5.41) is 19.4. The van der Waals surface area contributed by atoms with Gasteiger partial charge in [-0.05, 0) is 29.5 Å². The van der Waals surface area contributed by atoms with Crippen LogP contribution < -0.4 is 0 Å². The van der Waals surface area contributed by atoms with Crippen molar-refractivity contribution >= 4 is 27.9 Å². The Hall–Kier alpha value is -1.44. The largest absolute Gasteiger partial charge is 0.468 e. The first-order valence-corrected chi connectivity index (χ1v) is 8.20. The zero-order chi connectivity index (χ0) is 17.5. The molecule has 0 amide bonds. The van der Waals surface area contributed by atoms with Gasteiger partial charge in [0.1, 0.15) is 0 Å². The van der Waals surface area contributed by atoms with E-state index >= 15 is 0 Å². The third-order valence-electron chi connectivity index (χ3n) is 3.79. The third-order valence-corrected chi connectivity index (χ3v) is 4.35. The van der Waals surface area contributed by atoms with Crippen LogP contribution in [0.1, 0.15) is 29.5 Å².